The van der Waals surface area contributed by atoms with Crippen LogP contribution in [0.3, 0.4) is 0 Å². The number of thiazole rings is 1. The van der Waals surface area contributed by atoms with Crippen LogP contribution in [0, 0.1) is 5.92 Å². The zero-order chi connectivity index (χ0) is 22.8. The molecule has 32 heavy (non-hydrogen) atoms. The van der Waals surface area contributed by atoms with E-state index >= 15 is 0 Å². The van der Waals surface area contributed by atoms with Gasteiger partial charge < -0.3 is 5.32 Å². The van der Waals surface area contributed by atoms with Gasteiger partial charge in [0, 0.05) is 16.6 Å². The topological polar surface area (TPSA) is 24.9 Å². The third-order valence-corrected chi connectivity index (χ3v) is 7.12. The van der Waals surface area contributed by atoms with Gasteiger partial charge in [0.15, 0.2) is 0 Å². The van der Waals surface area contributed by atoms with Gasteiger partial charge in [0.05, 0.1) is 11.7 Å². The van der Waals surface area contributed by atoms with Gasteiger partial charge in [-0.3, -0.25) is 0 Å². The summed E-state index contributed by atoms with van der Waals surface area (Å²) in [5.74, 6) is 1.35. The second-order valence-corrected chi connectivity index (χ2v) is 10.5. The Kier molecular flexibility index (Phi) is 6.66. The maximum atomic E-state index is 5.15. The Morgan fingerprint density at radius 2 is 1.38 bits per heavy atom. The Bertz CT molecular complexity index is 1170. The van der Waals surface area contributed by atoms with Crippen molar-refractivity contribution in [2.24, 2.45) is 5.92 Å². The Morgan fingerprint density at radius 3 is 2.03 bits per heavy atom. The molecule has 166 valence electrons. The first kappa shape index (κ1) is 22.5. The largest absolute Gasteiger partial charge is 0.375 e. The van der Waals surface area contributed by atoms with Crippen molar-refractivity contribution in [3.05, 3.63) is 82.2 Å². The molecule has 0 radical (unpaired) electrons. The first-order chi connectivity index (χ1) is 15.4. The summed E-state index contributed by atoms with van der Waals surface area (Å²) >= 11 is 1.76. The highest BCUT2D eigenvalue weighted by Gasteiger charge is 2.24. The molecular formula is C29H34N2S. The monoisotopic (exact) mass is 442 g/mol. The number of benzene rings is 3. The van der Waals surface area contributed by atoms with Gasteiger partial charge in [0.1, 0.15) is 5.01 Å². The van der Waals surface area contributed by atoms with Crippen LogP contribution in [0.25, 0.3) is 22.0 Å². The molecule has 1 aromatic heterocycles. The van der Waals surface area contributed by atoms with Gasteiger partial charge in [-0.1, -0.05) is 102 Å². The van der Waals surface area contributed by atoms with Gasteiger partial charge in [-0.15, -0.1) is 11.3 Å². The first-order valence-corrected chi connectivity index (χ1v) is 12.6. The van der Waals surface area contributed by atoms with Crippen molar-refractivity contribution in [1.82, 2.24) is 4.98 Å². The zero-order valence-corrected chi connectivity index (χ0v) is 20.8. The van der Waals surface area contributed by atoms with E-state index in [4.69, 9.17) is 4.98 Å². The van der Waals surface area contributed by atoms with Gasteiger partial charge in [0.25, 0.3) is 0 Å². The highest BCUT2D eigenvalue weighted by atomic mass is 32.1. The van der Waals surface area contributed by atoms with Gasteiger partial charge in [0.2, 0.25) is 0 Å². The molecule has 2 nitrogen and oxygen atoms in total. The quantitative estimate of drug-likeness (QED) is 0.309. The standard InChI is InChI=1S/C29H34N2S/c1-18(2)22-14-10-15-23(19(3)4)28(22)31-27(20(5)6)29-30-26(17-32-29)25-16-9-12-21-11-7-8-13-24(21)25/h7-20,27,31H,1-6H3. The van der Waals surface area contributed by atoms with Crippen LogP contribution in [0.4, 0.5) is 5.69 Å². The molecule has 1 N–H and O–H groups in total. The van der Waals surface area contributed by atoms with Gasteiger partial charge in [-0.2, -0.15) is 0 Å². The number of hydrogen-bond donors (Lipinski definition) is 1. The van der Waals surface area contributed by atoms with E-state index in [-0.39, 0.29) is 6.04 Å². The lowest BCUT2D eigenvalue weighted by Gasteiger charge is -2.27. The lowest BCUT2D eigenvalue weighted by atomic mass is 9.91. The second kappa shape index (κ2) is 9.46. The summed E-state index contributed by atoms with van der Waals surface area (Å²) in [5, 5.41) is 9.82. The normalized spacial score (nSPS) is 12.8. The summed E-state index contributed by atoms with van der Waals surface area (Å²) in [7, 11) is 0. The molecule has 0 aliphatic rings. The predicted molar refractivity (Wildman–Crippen MR) is 141 cm³/mol. The summed E-state index contributed by atoms with van der Waals surface area (Å²) in [4.78, 5) is 5.15. The molecule has 0 amide bonds. The van der Waals surface area contributed by atoms with Crippen molar-refractivity contribution in [2.75, 3.05) is 5.32 Å². The molecule has 0 aliphatic carbocycles. The summed E-state index contributed by atoms with van der Waals surface area (Å²) in [5.41, 5.74) is 6.33. The molecule has 0 saturated carbocycles. The Morgan fingerprint density at radius 1 is 0.750 bits per heavy atom. The molecule has 1 heterocycles. The second-order valence-electron chi connectivity index (χ2n) is 9.58. The van der Waals surface area contributed by atoms with Crippen LogP contribution >= 0.6 is 11.3 Å². The SMILES string of the molecule is CC(C)c1cccc(C(C)C)c1NC(c1nc(-c2cccc3ccccc23)cs1)C(C)C. The molecular weight excluding hydrogens is 408 g/mol. The average Bonchev–Trinajstić information content (AvgIpc) is 3.26. The van der Waals surface area contributed by atoms with E-state index in [0.29, 0.717) is 17.8 Å². The third-order valence-electron chi connectivity index (χ3n) is 6.19. The summed E-state index contributed by atoms with van der Waals surface area (Å²) in [6.07, 6.45) is 0. The van der Waals surface area contributed by atoms with Gasteiger partial charge in [-0.25, -0.2) is 4.98 Å². The highest BCUT2D eigenvalue weighted by Crippen LogP contribution is 2.38. The Hall–Kier alpha value is -2.65. The predicted octanol–water partition coefficient (Wildman–Crippen LogP) is 9.02. The Labute approximate surface area is 196 Å². The van der Waals surface area contributed by atoms with E-state index in [1.54, 1.807) is 11.3 Å². The van der Waals surface area contributed by atoms with E-state index in [9.17, 15) is 0 Å². The van der Waals surface area contributed by atoms with Crippen LogP contribution < -0.4 is 5.32 Å². The first-order valence-electron chi connectivity index (χ1n) is 11.7. The maximum Gasteiger partial charge on any atom is 0.116 e. The molecule has 0 fully saturated rings. The molecule has 0 saturated heterocycles. The summed E-state index contributed by atoms with van der Waals surface area (Å²) in [6.45, 7) is 13.7. The zero-order valence-electron chi connectivity index (χ0n) is 20.0. The Balaban J connectivity index is 1.74. The van der Waals surface area contributed by atoms with E-state index < -0.39 is 0 Å². The average molecular weight is 443 g/mol. The molecule has 3 heteroatoms. The third kappa shape index (κ3) is 4.45. The highest BCUT2D eigenvalue weighted by molar-refractivity contribution is 7.10. The lowest BCUT2D eigenvalue weighted by molar-refractivity contribution is 0.542. The fourth-order valence-corrected chi connectivity index (χ4v) is 5.43. The van der Waals surface area contributed by atoms with Crippen molar-refractivity contribution in [2.45, 2.75) is 59.4 Å². The number of nitrogens with zero attached hydrogens (tertiary/aromatic N) is 1. The lowest BCUT2D eigenvalue weighted by Crippen LogP contribution is -2.19. The fourth-order valence-electron chi connectivity index (χ4n) is 4.39. The van der Waals surface area contributed by atoms with E-state index in [2.05, 4.69) is 113 Å². The van der Waals surface area contributed by atoms with E-state index in [0.717, 1.165) is 10.7 Å². The van der Waals surface area contributed by atoms with Crippen molar-refractivity contribution >= 4 is 27.8 Å². The minimum absolute atomic E-state index is 0.168. The van der Waals surface area contributed by atoms with Crippen molar-refractivity contribution in [3.63, 3.8) is 0 Å². The summed E-state index contributed by atoms with van der Waals surface area (Å²) in [6, 6.07) is 21.9. The van der Waals surface area contributed by atoms with Crippen molar-refractivity contribution in [3.8, 4) is 11.3 Å². The van der Waals surface area contributed by atoms with Gasteiger partial charge >= 0.3 is 0 Å². The smallest absolute Gasteiger partial charge is 0.116 e. The molecule has 0 bridgehead atoms. The van der Waals surface area contributed by atoms with Crippen molar-refractivity contribution < 1.29 is 0 Å². The maximum absolute atomic E-state index is 5.15. The van der Waals surface area contributed by atoms with Crippen LogP contribution in [0.15, 0.2) is 66.0 Å². The molecule has 4 aromatic rings. The van der Waals surface area contributed by atoms with Crippen molar-refractivity contribution in [1.29, 1.82) is 0 Å². The molecule has 1 atom stereocenters. The molecule has 0 aliphatic heterocycles. The number of aromatic nitrogens is 1. The van der Waals surface area contributed by atoms with E-state index in [1.165, 1.54) is 33.2 Å². The van der Waals surface area contributed by atoms with E-state index in [1.807, 2.05) is 0 Å². The van der Waals surface area contributed by atoms with Crippen LogP contribution in [-0.2, 0) is 0 Å². The van der Waals surface area contributed by atoms with Crippen LogP contribution in [-0.4, -0.2) is 4.98 Å². The summed E-state index contributed by atoms with van der Waals surface area (Å²) < 4.78 is 0. The van der Waals surface area contributed by atoms with Crippen LogP contribution in [0.2, 0.25) is 0 Å². The van der Waals surface area contributed by atoms with Gasteiger partial charge in [-0.05, 0) is 39.7 Å². The van der Waals surface area contributed by atoms with Crippen LogP contribution in [0.1, 0.15) is 75.6 Å². The molecule has 4 rings (SSSR count). The minimum atomic E-state index is 0.168. The number of anilines is 1. The fraction of sp³-hybridized carbons (Fsp3) is 0.345. The molecule has 0 spiro atoms. The number of hydrogen-bond acceptors (Lipinski definition) is 3. The number of rotatable bonds is 7. The minimum Gasteiger partial charge on any atom is -0.375 e. The molecule has 1 unspecified atom stereocenters. The molecule has 3 aromatic carbocycles. The number of para-hydroxylation sites is 1. The number of fused-ring (bicyclic) bond motifs is 1. The van der Waals surface area contributed by atoms with Crippen LogP contribution in [0.5, 0.6) is 0 Å². The number of nitrogens with one attached hydrogen (secondary N) is 1.